The molecule has 1 fully saturated rings. The predicted octanol–water partition coefficient (Wildman–Crippen LogP) is 2.35. The summed E-state index contributed by atoms with van der Waals surface area (Å²) in [5.41, 5.74) is 0. The van der Waals surface area contributed by atoms with E-state index < -0.39 is 0 Å². The molecule has 0 saturated carbocycles. The third kappa shape index (κ3) is 7.28. The average Bonchev–Trinajstić information content (AvgIpc) is 2.48. The molecular formula is C17H35N3O. The lowest BCUT2D eigenvalue weighted by atomic mass is 9.96. The summed E-state index contributed by atoms with van der Waals surface area (Å²) in [4.78, 5) is 16.8. The SMILES string of the molecule is CCCN(CCC)CCCC(=O)N1CCC(CNC)CC1. The van der Waals surface area contributed by atoms with Gasteiger partial charge in [-0.2, -0.15) is 0 Å². The number of nitrogens with zero attached hydrogens (tertiary/aromatic N) is 2. The molecule has 4 heteroatoms. The molecule has 0 radical (unpaired) electrons. The monoisotopic (exact) mass is 297 g/mol. The Hall–Kier alpha value is -0.610. The zero-order valence-corrected chi connectivity index (χ0v) is 14.4. The second-order valence-corrected chi connectivity index (χ2v) is 6.33. The van der Waals surface area contributed by atoms with Gasteiger partial charge in [-0.3, -0.25) is 4.79 Å². The topological polar surface area (TPSA) is 35.6 Å². The number of nitrogens with one attached hydrogen (secondary N) is 1. The van der Waals surface area contributed by atoms with Crippen molar-refractivity contribution in [2.75, 3.05) is 46.3 Å². The van der Waals surface area contributed by atoms with E-state index in [0.717, 1.165) is 70.9 Å². The van der Waals surface area contributed by atoms with E-state index in [9.17, 15) is 4.79 Å². The van der Waals surface area contributed by atoms with E-state index in [-0.39, 0.29) is 0 Å². The molecule has 1 N–H and O–H groups in total. The minimum absolute atomic E-state index is 0.367. The fourth-order valence-corrected chi connectivity index (χ4v) is 3.26. The maximum absolute atomic E-state index is 12.3. The lowest BCUT2D eigenvalue weighted by molar-refractivity contribution is -0.132. The molecule has 4 nitrogen and oxygen atoms in total. The summed E-state index contributed by atoms with van der Waals surface area (Å²) in [5, 5.41) is 3.24. The lowest BCUT2D eigenvalue weighted by Crippen LogP contribution is -2.40. The van der Waals surface area contributed by atoms with Crippen molar-refractivity contribution in [2.45, 2.75) is 52.4 Å². The van der Waals surface area contributed by atoms with Gasteiger partial charge in [-0.15, -0.1) is 0 Å². The molecule has 0 unspecified atom stereocenters. The highest BCUT2D eigenvalue weighted by Gasteiger charge is 2.21. The van der Waals surface area contributed by atoms with E-state index in [1.807, 2.05) is 7.05 Å². The van der Waals surface area contributed by atoms with E-state index in [2.05, 4.69) is 29.0 Å². The van der Waals surface area contributed by atoms with Gasteiger partial charge in [-0.1, -0.05) is 13.8 Å². The molecule has 0 atom stereocenters. The third-order valence-corrected chi connectivity index (χ3v) is 4.40. The van der Waals surface area contributed by atoms with Gasteiger partial charge in [0.05, 0.1) is 0 Å². The molecule has 0 aromatic carbocycles. The fraction of sp³-hybridized carbons (Fsp3) is 0.941. The first-order valence-corrected chi connectivity index (χ1v) is 8.85. The molecular weight excluding hydrogens is 262 g/mol. The number of hydrogen-bond acceptors (Lipinski definition) is 3. The van der Waals surface area contributed by atoms with Gasteiger partial charge in [0.25, 0.3) is 0 Å². The quantitative estimate of drug-likeness (QED) is 0.672. The maximum Gasteiger partial charge on any atom is 0.222 e. The molecule has 0 aromatic heterocycles. The van der Waals surface area contributed by atoms with Gasteiger partial charge in [-0.25, -0.2) is 0 Å². The Morgan fingerprint density at radius 3 is 2.29 bits per heavy atom. The normalized spacial score (nSPS) is 16.7. The van der Waals surface area contributed by atoms with Crippen molar-refractivity contribution in [3.05, 3.63) is 0 Å². The van der Waals surface area contributed by atoms with E-state index in [1.165, 1.54) is 12.8 Å². The van der Waals surface area contributed by atoms with Crippen LogP contribution in [0.2, 0.25) is 0 Å². The summed E-state index contributed by atoms with van der Waals surface area (Å²) in [6, 6.07) is 0. The zero-order valence-electron chi connectivity index (χ0n) is 14.4. The Morgan fingerprint density at radius 1 is 1.14 bits per heavy atom. The predicted molar refractivity (Wildman–Crippen MR) is 89.5 cm³/mol. The number of carbonyl (C=O) groups is 1. The Balaban J connectivity index is 2.18. The van der Waals surface area contributed by atoms with Crippen LogP contribution in [-0.2, 0) is 4.79 Å². The second kappa shape index (κ2) is 11.0. The highest BCUT2D eigenvalue weighted by Crippen LogP contribution is 2.17. The molecule has 0 spiro atoms. The number of likely N-dealkylation sites (tertiary alicyclic amines) is 1. The number of carbonyl (C=O) groups excluding carboxylic acids is 1. The van der Waals surface area contributed by atoms with Gasteiger partial charge in [0.15, 0.2) is 0 Å². The molecule has 21 heavy (non-hydrogen) atoms. The van der Waals surface area contributed by atoms with E-state index in [0.29, 0.717) is 5.91 Å². The number of hydrogen-bond donors (Lipinski definition) is 1. The van der Waals surface area contributed by atoms with E-state index in [4.69, 9.17) is 0 Å². The van der Waals surface area contributed by atoms with Gasteiger partial charge in [0.1, 0.15) is 0 Å². The van der Waals surface area contributed by atoms with Crippen molar-refractivity contribution in [1.82, 2.24) is 15.1 Å². The Labute approximate surface area is 131 Å². The third-order valence-electron chi connectivity index (χ3n) is 4.40. The lowest BCUT2D eigenvalue weighted by Gasteiger charge is -2.32. The van der Waals surface area contributed by atoms with Crippen LogP contribution in [0, 0.1) is 5.92 Å². The van der Waals surface area contributed by atoms with Crippen LogP contribution >= 0.6 is 0 Å². The minimum atomic E-state index is 0.367. The van der Waals surface area contributed by atoms with Gasteiger partial charge in [0.2, 0.25) is 5.91 Å². The van der Waals surface area contributed by atoms with Crippen LogP contribution in [0.4, 0.5) is 0 Å². The summed E-state index contributed by atoms with van der Waals surface area (Å²) in [7, 11) is 2.01. The van der Waals surface area contributed by atoms with Crippen molar-refractivity contribution in [3.63, 3.8) is 0 Å². The summed E-state index contributed by atoms with van der Waals surface area (Å²) in [5.74, 6) is 1.12. The fourth-order valence-electron chi connectivity index (χ4n) is 3.26. The summed E-state index contributed by atoms with van der Waals surface area (Å²) >= 11 is 0. The van der Waals surface area contributed by atoms with Crippen molar-refractivity contribution >= 4 is 5.91 Å². The largest absolute Gasteiger partial charge is 0.343 e. The molecule has 1 rings (SSSR count). The van der Waals surface area contributed by atoms with E-state index in [1.54, 1.807) is 0 Å². The van der Waals surface area contributed by atoms with Crippen LogP contribution in [0.3, 0.4) is 0 Å². The first-order valence-electron chi connectivity index (χ1n) is 8.85. The van der Waals surface area contributed by atoms with Crippen LogP contribution in [0.25, 0.3) is 0 Å². The van der Waals surface area contributed by atoms with Gasteiger partial charge in [0, 0.05) is 19.5 Å². The minimum Gasteiger partial charge on any atom is -0.343 e. The van der Waals surface area contributed by atoms with Crippen LogP contribution in [0.5, 0.6) is 0 Å². The van der Waals surface area contributed by atoms with Crippen molar-refractivity contribution in [2.24, 2.45) is 5.92 Å². The summed E-state index contributed by atoms with van der Waals surface area (Å²) < 4.78 is 0. The van der Waals surface area contributed by atoms with Crippen molar-refractivity contribution < 1.29 is 4.79 Å². The number of piperidine rings is 1. The molecule has 124 valence electrons. The van der Waals surface area contributed by atoms with Crippen LogP contribution < -0.4 is 5.32 Å². The zero-order chi connectivity index (χ0) is 15.5. The van der Waals surface area contributed by atoms with Crippen LogP contribution in [0.1, 0.15) is 52.4 Å². The van der Waals surface area contributed by atoms with Crippen molar-refractivity contribution in [3.8, 4) is 0 Å². The van der Waals surface area contributed by atoms with Gasteiger partial charge < -0.3 is 15.1 Å². The molecule has 1 heterocycles. The first kappa shape index (κ1) is 18.4. The number of amides is 1. The standard InChI is InChI=1S/C17H35N3O/c1-4-10-19(11-5-2)12-6-7-17(21)20-13-8-16(9-14-20)15-18-3/h16,18H,4-15H2,1-3H3. The molecule has 0 bridgehead atoms. The Morgan fingerprint density at radius 2 is 1.76 bits per heavy atom. The number of rotatable bonds is 10. The molecule has 1 saturated heterocycles. The van der Waals surface area contributed by atoms with Crippen molar-refractivity contribution in [1.29, 1.82) is 0 Å². The van der Waals surface area contributed by atoms with Gasteiger partial charge >= 0.3 is 0 Å². The maximum atomic E-state index is 12.3. The van der Waals surface area contributed by atoms with Crippen LogP contribution in [0.15, 0.2) is 0 Å². The Bertz CT molecular complexity index is 269. The Kier molecular flexibility index (Phi) is 9.68. The van der Waals surface area contributed by atoms with E-state index >= 15 is 0 Å². The average molecular weight is 297 g/mol. The first-order chi connectivity index (χ1) is 10.2. The smallest absolute Gasteiger partial charge is 0.222 e. The summed E-state index contributed by atoms with van der Waals surface area (Å²) in [6.07, 6.45) is 6.45. The highest BCUT2D eigenvalue weighted by atomic mass is 16.2. The molecule has 0 aliphatic carbocycles. The van der Waals surface area contributed by atoms with Gasteiger partial charge in [-0.05, 0) is 71.2 Å². The second-order valence-electron chi connectivity index (χ2n) is 6.33. The molecule has 0 aromatic rings. The highest BCUT2D eigenvalue weighted by molar-refractivity contribution is 5.76. The van der Waals surface area contributed by atoms with Crippen LogP contribution in [-0.4, -0.2) is 62.0 Å². The molecule has 1 aliphatic heterocycles. The summed E-state index contributed by atoms with van der Waals surface area (Å²) in [6.45, 7) is 10.9. The molecule has 1 amide bonds. The molecule has 1 aliphatic rings.